The summed E-state index contributed by atoms with van der Waals surface area (Å²) in [6.07, 6.45) is 1.38. The molecule has 3 aromatic rings. The molecule has 0 saturated heterocycles. The molecule has 34 heavy (non-hydrogen) atoms. The third-order valence-electron chi connectivity index (χ3n) is 4.52. The molecular weight excluding hydrogens is 436 g/mol. The Morgan fingerprint density at radius 1 is 0.794 bits per heavy atom. The molecule has 0 spiro atoms. The fourth-order valence-corrected chi connectivity index (χ4v) is 2.71. The number of benzene rings is 3. The molecule has 0 unspecified atom stereocenters. The number of carbonyl (C=O) groups is 3. The third kappa shape index (κ3) is 7.49. The minimum atomic E-state index is -0.911. The molecule has 0 bridgehead atoms. The largest absolute Gasteiger partial charge is 0.497 e. The highest BCUT2D eigenvalue weighted by Gasteiger charge is 2.12. The molecule has 0 fully saturated rings. The van der Waals surface area contributed by atoms with E-state index in [4.69, 9.17) is 9.47 Å². The number of aryl methyl sites for hydroxylation is 1. The molecule has 3 aromatic carbocycles. The lowest BCUT2D eigenvalue weighted by Crippen LogP contribution is -2.32. The number of carbonyl (C=O) groups excluding carboxylic acids is 3. The predicted octanol–water partition coefficient (Wildman–Crippen LogP) is 3.11. The molecule has 0 radical (unpaired) electrons. The van der Waals surface area contributed by atoms with E-state index in [1.165, 1.54) is 13.3 Å². The van der Waals surface area contributed by atoms with Gasteiger partial charge in [0.15, 0.2) is 6.61 Å². The van der Waals surface area contributed by atoms with Gasteiger partial charge in [0, 0.05) is 11.4 Å². The van der Waals surface area contributed by atoms with Gasteiger partial charge in [0.05, 0.1) is 13.3 Å². The fraction of sp³-hybridized carbons (Fsp3) is 0.120. The average molecular weight is 460 g/mol. The molecule has 0 atom stereocenters. The van der Waals surface area contributed by atoms with Crippen LogP contribution in [0.1, 0.15) is 11.1 Å². The van der Waals surface area contributed by atoms with E-state index in [0.717, 1.165) is 5.56 Å². The molecule has 3 amide bonds. The maximum atomic E-state index is 12.0. The minimum absolute atomic E-state index is 0.138. The Morgan fingerprint density at radius 3 is 2.03 bits per heavy atom. The first-order valence-electron chi connectivity index (χ1n) is 10.3. The van der Waals surface area contributed by atoms with Crippen molar-refractivity contribution in [1.82, 2.24) is 5.43 Å². The number of amides is 3. The highest BCUT2D eigenvalue weighted by Crippen LogP contribution is 2.15. The normalized spacial score (nSPS) is 10.4. The van der Waals surface area contributed by atoms with Crippen molar-refractivity contribution in [3.05, 3.63) is 83.9 Å². The first kappa shape index (κ1) is 24.0. The molecule has 3 N–H and O–H groups in total. The van der Waals surface area contributed by atoms with Crippen molar-refractivity contribution in [3.63, 3.8) is 0 Å². The topological polar surface area (TPSA) is 118 Å². The van der Waals surface area contributed by atoms with Crippen LogP contribution in [0, 0.1) is 6.92 Å². The number of anilines is 2. The van der Waals surface area contributed by atoms with Gasteiger partial charge in [-0.3, -0.25) is 14.4 Å². The second kappa shape index (κ2) is 11.8. The second-order valence-electron chi connectivity index (χ2n) is 7.15. The van der Waals surface area contributed by atoms with Crippen LogP contribution >= 0.6 is 0 Å². The lowest BCUT2D eigenvalue weighted by Gasteiger charge is -2.08. The molecule has 9 heteroatoms. The molecule has 0 aromatic heterocycles. The van der Waals surface area contributed by atoms with Crippen molar-refractivity contribution in [2.45, 2.75) is 6.92 Å². The van der Waals surface area contributed by atoms with E-state index >= 15 is 0 Å². The first-order chi connectivity index (χ1) is 16.4. The lowest BCUT2D eigenvalue weighted by atomic mass is 10.2. The van der Waals surface area contributed by atoms with Gasteiger partial charge in [0.2, 0.25) is 0 Å². The van der Waals surface area contributed by atoms with Crippen LogP contribution in [0.3, 0.4) is 0 Å². The van der Waals surface area contributed by atoms with Gasteiger partial charge in [0.1, 0.15) is 11.5 Å². The molecule has 0 aliphatic rings. The predicted molar refractivity (Wildman–Crippen MR) is 129 cm³/mol. The Kier molecular flexibility index (Phi) is 8.34. The summed E-state index contributed by atoms with van der Waals surface area (Å²) >= 11 is 0. The SMILES string of the molecule is COc1ccc(NC(=O)C(=O)N/N=C\c2ccc(OCC(=O)Nc3ccc(C)cc3)cc2)cc1. The Morgan fingerprint density at radius 2 is 1.38 bits per heavy atom. The van der Waals surface area contributed by atoms with Gasteiger partial charge < -0.3 is 20.1 Å². The standard InChI is InChI=1S/C25H24N4O5/c1-17-3-7-19(8-4-17)27-23(30)16-34-22-11-5-18(6-12-22)15-26-29-25(32)24(31)28-20-9-13-21(33-2)14-10-20/h3-15H,16H2,1-2H3,(H,27,30)(H,28,31)(H,29,32)/b26-15-. The van der Waals surface area contributed by atoms with Gasteiger partial charge in [-0.05, 0) is 73.2 Å². The van der Waals surface area contributed by atoms with Gasteiger partial charge in [0.25, 0.3) is 5.91 Å². The molecule has 3 rings (SSSR count). The van der Waals surface area contributed by atoms with Crippen LogP contribution in [0.15, 0.2) is 77.9 Å². The Balaban J connectivity index is 1.41. The van der Waals surface area contributed by atoms with Crippen LogP contribution in [0.25, 0.3) is 0 Å². The maximum Gasteiger partial charge on any atom is 0.329 e. The monoisotopic (exact) mass is 460 g/mol. The zero-order valence-corrected chi connectivity index (χ0v) is 18.7. The Hall–Kier alpha value is -4.66. The van der Waals surface area contributed by atoms with Gasteiger partial charge in [-0.25, -0.2) is 5.43 Å². The summed E-state index contributed by atoms with van der Waals surface area (Å²) < 4.78 is 10.5. The Labute approximate surface area is 196 Å². The van der Waals surface area contributed by atoms with Gasteiger partial charge in [-0.2, -0.15) is 5.10 Å². The molecule has 9 nitrogen and oxygen atoms in total. The zero-order chi connectivity index (χ0) is 24.3. The fourth-order valence-electron chi connectivity index (χ4n) is 2.71. The number of hydrazone groups is 1. The van der Waals surface area contributed by atoms with Crippen molar-refractivity contribution < 1.29 is 23.9 Å². The van der Waals surface area contributed by atoms with Crippen LogP contribution in [-0.2, 0) is 14.4 Å². The number of methoxy groups -OCH3 is 1. The van der Waals surface area contributed by atoms with Crippen LogP contribution in [0.5, 0.6) is 11.5 Å². The summed E-state index contributed by atoms with van der Waals surface area (Å²) in [7, 11) is 1.53. The molecule has 0 aliphatic heterocycles. The molecule has 0 heterocycles. The van der Waals surface area contributed by atoms with Crippen molar-refractivity contribution in [3.8, 4) is 11.5 Å². The highest BCUT2D eigenvalue weighted by molar-refractivity contribution is 6.39. The summed E-state index contributed by atoms with van der Waals surface area (Å²) in [5.74, 6) is -0.903. The van der Waals surface area contributed by atoms with Crippen molar-refractivity contribution in [2.75, 3.05) is 24.4 Å². The van der Waals surface area contributed by atoms with Crippen LogP contribution in [0.2, 0.25) is 0 Å². The van der Waals surface area contributed by atoms with Gasteiger partial charge >= 0.3 is 11.8 Å². The van der Waals surface area contributed by atoms with Crippen LogP contribution in [-0.4, -0.2) is 37.7 Å². The van der Waals surface area contributed by atoms with Crippen molar-refractivity contribution in [1.29, 1.82) is 0 Å². The number of hydrogen-bond acceptors (Lipinski definition) is 6. The summed E-state index contributed by atoms with van der Waals surface area (Å²) in [4.78, 5) is 35.8. The van der Waals surface area contributed by atoms with E-state index in [-0.39, 0.29) is 12.5 Å². The maximum absolute atomic E-state index is 12.0. The van der Waals surface area contributed by atoms with Crippen LogP contribution < -0.4 is 25.5 Å². The van der Waals surface area contributed by atoms with Gasteiger partial charge in [-0.15, -0.1) is 0 Å². The first-order valence-corrected chi connectivity index (χ1v) is 10.3. The molecule has 0 saturated carbocycles. The van der Waals surface area contributed by atoms with Crippen molar-refractivity contribution >= 4 is 35.3 Å². The van der Waals surface area contributed by atoms with E-state index in [0.29, 0.717) is 28.4 Å². The average Bonchev–Trinajstić information content (AvgIpc) is 2.85. The van der Waals surface area contributed by atoms with E-state index in [9.17, 15) is 14.4 Å². The summed E-state index contributed by atoms with van der Waals surface area (Å²) in [6.45, 7) is 1.83. The van der Waals surface area contributed by atoms with E-state index in [2.05, 4.69) is 21.2 Å². The molecule has 174 valence electrons. The highest BCUT2D eigenvalue weighted by atomic mass is 16.5. The quantitative estimate of drug-likeness (QED) is 0.271. The third-order valence-corrected chi connectivity index (χ3v) is 4.52. The number of nitrogens with zero attached hydrogens (tertiary/aromatic N) is 1. The number of ether oxygens (including phenoxy) is 2. The van der Waals surface area contributed by atoms with Crippen molar-refractivity contribution in [2.24, 2.45) is 5.10 Å². The lowest BCUT2D eigenvalue weighted by molar-refractivity contribution is -0.136. The number of hydrogen-bond donors (Lipinski definition) is 3. The molecule has 0 aliphatic carbocycles. The van der Waals surface area contributed by atoms with Crippen LogP contribution in [0.4, 0.5) is 11.4 Å². The summed E-state index contributed by atoms with van der Waals surface area (Å²) in [6, 6.07) is 20.7. The van der Waals surface area contributed by atoms with E-state index < -0.39 is 11.8 Å². The summed E-state index contributed by atoms with van der Waals surface area (Å²) in [5, 5.41) is 8.99. The summed E-state index contributed by atoms with van der Waals surface area (Å²) in [5.41, 5.74) is 5.08. The van der Waals surface area contributed by atoms with Gasteiger partial charge in [-0.1, -0.05) is 17.7 Å². The van der Waals surface area contributed by atoms with E-state index in [1.807, 2.05) is 31.2 Å². The number of nitrogens with one attached hydrogen (secondary N) is 3. The van der Waals surface area contributed by atoms with E-state index in [1.54, 1.807) is 48.5 Å². The minimum Gasteiger partial charge on any atom is -0.497 e. The smallest absolute Gasteiger partial charge is 0.329 e. The Bertz CT molecular complexity index is 1160. The second-order valence-corrected chi connectivity index (χ2v) is 7.15. The zero-order valence-electron chi connectivity index (χ0n) is 18.7. The number of rotatable bonds is 8. The molecular formula is C25H24N4O5.